The molecule has 5 heteroatoms. The van der Waals surface area contributed by atoms with Crippen molar-refractivity contribution in [3.05, 3.63) is 12.2 Å². The first-order valence-corrected chi connectivity index (χ1v) is 4.46. The molecule has 2 atom stereocenters. The molecular formula is C9H12F3NO. The predicted molar refractivity (Wildman–Crippen MR) is 45.1 cm³/mol. The first-order chi connectivity index (χ1) is 6.46. The standard InChI is InChI=1S/C9H12F3NO/c1-9(10,8(14)13(11)12)7-5-3-2-4-6-7/h2-3,7H,4-6H2,1H3. The number of carbonyl (C=O) groups is 1. The second kappa shape index (κ2) is 4.02. The molecule has 0 aliphatic heterocycles. The maximum atomic E-state index is 13.7. The lowest BCUT2D eigenvalue weighted by Crippen LogP contribution is -2.43. The van der Waals surface area contributed by atoms with E-state index in [1.54, 1.807) is 6.08 Å². The van der Waals surface area contributed by atoms with Gasteiger partial charge in [0, 0.05) is 11.3 Å². The lowest BCUT2D eigenvalue weighted by molar-refractivity contribution is -0.203. The van der Waals surface area contributed by atoms with Crippen molar-refractivity contribution >= 4 is 5.91 Å². The minimum absolute atomic E-state index is 0.340. The summed E-state index contributed by atoms with van der Waals surface area (Å²) >= 11 is 0. The Morgan fingerprint density at radius 3 is 2.57 bits per heavy atom. The average Bonchev–Trinajstić information content (AvgIpc) is 2.18. The molecule has 0 heterocycles. The smallest absolute Gasteiger partial charge is 0.266 e. The zero-order valence-corrected chi connectivity index (χ0v) is 7.84. The second-order valence-electron chi connectivity index (χ2n) is 3.60. The van der Waals surface area contributed by atoms with Crippen LogP contribution >= 0.6 is 0 Å². The van der Waals surface area contributed by atoms with E-state index in [9.17, 15) is 18.1 Å². The van der Waals surface area contributed by atoms with Gasteiger partial charge in [-0.25, -0.2) is 4.39 Å². The topological polar surface area (TPSA) is 20.3 Å². The molecule has 1 aliphatic rings. The lowest BCUT2D eigenvalue weighted by atomic mass is 9.81. The van der Waals surface area contributed by atoms with E-state index in [-0.39, 0.29) is 0 Å². The molecule has 0 bridgehead atoms. The van der Waals surface area contributed by atoms with E-state index in [2.05, 4.69) is 0 Å². The SMILES string of the molecule is CC(F)(C(=O)N(F)F)C1CC=CCC1. The number of amides is 1. The van der Waals surface area contributed by atoms with E-state index in [4.69, 9.17) is 0 Å². The van der Waals surface area contributed by atoms with Crippen LogP contribution in [-0.4, -0.2) is 16.9 Å². The number of rotatable bonds is 2. The molecule has 0 spiro atoms. The Hall–Kier alpha value is -1.00. The summed E-state index contributed by atoms with van der Waals surface area (Å²) in [7, 11) is 0. The van der Waals surface area contributed by atoms with Crippen LogP contribution in [0.2, 0.25) is 0 Å². The van der Waals surface area contributed by atoms with E-state index in [0.29, 0.717) is 19.3 Å². The molecule has 2 nitrogen and oxygen atoms in total. The molecule has 1 rings (SSSR count). The first-order valence-electron chi connectivity index (χ1n) is 4.46. The fraction of sp³-hybridized carbons (Fsp3) is 0.667. The molecule has 0 aromatic rings. The third kappa shape index (κ3) is 2.08. The summed E-state index contributed by atoms with van der Waals surface area (Å²) in [6, 6.07) is 0. The van der Waals surface area contributed by atoms with Gasteiger partial charge in [0.2, 0.25) is 0 Å². The Balaban J connectivity index is 2.73. The van der Waals surface area contributed by atoms with Crippen LogP contribution in [0.5, 0.6) is 0 Å². The molecule has 0 aromatic heterocycles. The molecule has 14 heavy (non-hydrogen) atoms. The molecule has 0 saturated heterocycles. The van der Waals surface area contributed by atoms with Crippen molar-refractivity contribution in [1.29, 1.82) is 0 Å². The number of halogens is 3. The molecule has 2 unspecified atom stereocenters. The van der Waals surface area contributed by atoms with Crippen molar-refractivity contribution in [2.45, 2.75) is 31.9 Å². The summed E-state index contributed by atoms with van der Waals surface area (Å²) < 4.78 is 37.5. The van der Waals surface area contributed by atoms with Gasteiger partial charge in [0.1, 0.15) is 0 Å². The van der Waals surface area contributed by atoms with Crippen molar-refractivity contribution in [2.24, 2.45) is 5.92 Å². The zero-order valence-electron chi connectivity index (χ0n) is 7.84. The maximum absolute atomic E-state index is 13.7. The van der Waals surface area contributed by atoms with Crippen LogP contribution in [-0.2, 0) is 4.79 Å². The van der Waals surface area contributed by atoms with Crippen molar-refractivity contribution in [3.8, 4) is 0 Å². The summed E-state index contributed by atoms with van der Waals surface area (Å²) in [5, 5.41) is -1.67. The quantitative estimate of drug-likeness (QED) is 0.503. The van der Waals surface area contributed by atoms with Gasteiger partial charge in [-0.1, -0.05) is 21.1 Å². The fourth-order valence-corrected chi connectivity index (χ4v) is 1.63. The largest absolute Gasteiger partial charge is 0.320 e. The van der Waals surface area contributed by atoms with Crippen LogP contribution in [0.1, 0.15) is 26.2 Å². The van der Waals surface area contributed by atoms with Crippen LogP contribution in [0.15, 0.2) is 12.2 Å². The minimum Gasteiger partial charge on any atom is -0.266 e. The van der Waals surface area contributed by atoms with Gasteiger partial charge in [0.15, 0.2) is 5.67 Å². The van der Waals surface area contributed by atoms with E-state index in [1.165, 1.54) is 0 Å². The van der Waals surface area contributed by atoms with Crippen LogP contribution in [0.3, 0.4) is 0 Å². The third-order valence-electron chi connectivity index (χ3n) is 2.61. The second-order valence-corrected chi connectivity index (χ2v) is 3.60. The Labute approximate surface area is 80.3 Å². The Morgan fingerprint density at radius 2 is 2.14 bits per heavy atom. The Kier molecular flexibility index (Phi) is 3.18. The summed E-state index contributed by atoms with van der Waals surface area (Å²) in [4.78, 5) is 10.8. The Bertz CT molecular complexity index is 250. The number of hydrogen-bond donors (Lipinski definition) is 0. The first kappa shape index (κ1) is 11.1. The van der Waals surface area contributed by atoms with E-state index in [0.717, 1.165) is 6.92 Å². The molecule has 1 aliphatic carbocycles. The van der Waals surface area contributed by atoms with E-state index >= 15 is 0 Å². The number of hydrogen-bond acceptors (Lipinski definition) is 1. The molecule has 0 N–H and O–H groups in total. The number of nitrogens with zero attached hydrogens (tertiary/aromatic N) is 1. The van der Waals surface area contributed by atoms with Crippen molar-refractivity contribution in [2.75, 3.05) is 0 Å². The van der Waals surface area contributed by atoms with Gasteiger partial charge in [-0.05, 0) is 26.2 Å². The summed E-state index contributed by atoms with van der Waals surface area (Å²) in [5.74, 6) is -2.40. The molecule has 0 aromatic carbocycles. The average molecular weight is 207 g/mol. The lowest BCUT2D eigenvalue weighted by Gasteiger charge is -2.29. The Morgan fingerprint density at radius 1 is 1.50 bits per heavy atom. The van der Waals surface area contributed by atoms with Gasteiger partial charge >= 0.3 is 5.91 Å². The van der Waals surface area contributed by atoms with Gasteiger partial charge in [-0.15, -0.1) is 0 Å². The van der Waals surface area contributed by atoms with Crippen molar-refractivity contribution in [1.82, 2.24) is 5.34 Å². The summed E-state index contributed by atoms with van der Waals surface area (Å²) in [5.41, 5.74) is -2.46. The van der Waals surface area contributed by atoms with Crippen LogP contribution in [0.4, 0.5) is 13.4 Å². The van der Waals surface area contributed by atoms with Crippen LogP contribution in [0.25, 0.3) is 0 Å². The van der Waals surface area contributed by atoms with Gasteiger partial charge < -0.3 is 0 Å². The highest BCUT2D eigenvalue weighted by Gasteiger charge is 2.45. The van der Waals surface area contributed by atoms with Crippen LogP contribution in [0, 0.1) is 5.92 Å². The van der Waals surface area contributed by atoms with Crippen LogP contribution < -0.4 is 0 Å². The van der Waals surface area contributed by atoms with E-state index in [1.807, 2.05) is 6.08 Å². The highest BCUT2D eigenvalue weighted by molar-refractivity contribution is 5.83. The monoisotopic (exact) mass is 207 g/mol. The van der Waals surface area contributed by atoms with Crippen molar-refractivity contribution in [3.63, 3.8) is 0 Å². The molecule has 0 fully saturated rings. The van der Waals surface area contributed by atoms with Gasteiger partial charge in [-0.3, -0.25) is 4.79 Å². The number of allylic oxidation sites excluding steroid dienone is 2. The molecule has 0 radical (unpaired) electrons. The zero-order chi connectivity index (χ0) is 10.8. The third-order valence-corrected chi connectivity index (χ3v) is 2.61. The van der Waals surface area contributed by atoms with Gasteiger partial charge in [-0.2, -0.15) is 0 Å². The predicted octanol–water partition coefficient (Wildman–Crippen LogP) is 2.67. The maximum Gasteiger partial charge on any atom is 0.320 e. The summed E-state index contributed by atoms with van der Waals surface area (Å²) in [6.07, 6.45) is 4.99. The molecular weight excluding hydrogens is 195 g/mol. The van der Waals surface area contributed by atoms with E-state index < -0.39 is 22.8 Å². The summed E-state index contributed by atoms with van der Waals surface area (Å²) in [6.45, 7) is 0.922. The number of carbonyl (C=O) groups excluding carboxylic acids is 1. The van der Waals surface area contributed by atoms with Gasteiger partial charge in [0.05, 0.1) is 0 Å². The fourth-order valence-electron chi connectivity index (χ4n) is 1.63. The number of alkyl halides is 1. The van der Waals surface area contributed by atoms with Crippen molar-refractivity contribution < 1.29 is 18.1 Å². The molecule has 1 amide bonds. The highest BCUT2D eigenvalue weighted by Crippen LogP contribution is 2.34. The van der Waals surface area contributed by atoms with Gasteiger partial charge in [0.25, 0.3) is 0 Å². The molecule has 80 valence electrons. The molecule has 0 saturated carbocycles. The normalized spacial score (nSPS) is 25.6. The minimum atomic E-state index is -2.46. The highest BCUT2D eigenvalue weighted by atomic mass is 19.4.